The van der Waals surface area contributed by atoms with Crippen LogP contribution in [0.15, 0.2) is 30.2 Å². The van der Waals surface area contributed by atoms with Crippen LogP contribution in [-0.4, -0.2) is 32.8 Å². The summed E-state index contributed by atoms with van der Waals surface area (Å²) in [5, 5.41) is 15.2. The van der Waals surface area contributed by atoms with Gasteiger partial charge in [-0.05, 0) is 17.9 Å². The topological polar surface area (TPSA) is 70.6 Å². The SMILES string of the molecule is N#Cc1cnn(C2CCN(c3ncnc4ccsc34)C2)c1. The molecule has 4 rings (SSSR count). The van der Waals surface area contributed by atoms with Crippen molar-refractivity contribution in [2.45, 2.75) is 12.5 Å². The second-order valence-corrected chi connectivity index (χ2v) is 5.96. The second-order valence-electron chi connectivity index (χ2n) is 5.04. The minimum Gasteiger partial charge on any atom is -0.353 e. The van der Waals surface area contributed by atoms with Gasteiger partial charge in [0.1, 0.15) is 18.2 Å². The molecule has 4 heterocycles. The van der Waals surface area contributed by atoms with Crippen LogP contribution in [0.4, 0.5) is 5.82 Å². The lowest BCUT2D eigenvalue weighted by molar-refractivity contribution is 0.494. The smallest absolute Gasteiger partial charge is 0.150 e. The highest BCUT2D eigenvalue weighted by Gasteiger charge is 2.27. The Kier molecular flexibility index (Phi) is 2.82. The molecule has 0 aromatic carbocycles. The Labute approximate surface area is 125 Å². The van der Waals surface area contributed by atoms with Crippen LogP contribution >= 0.6 is 11.3 Å². The highest BCUT2D eigenvalue weighted by molar-refractivity contribution is 7.17. The number of hydrogen-bond donors (Lipinski definition) is 0. The predicted octanol–water partition coefficient (Wildman–Crippen LogP) is 2.21. The maximum Gasteiger partial charge on any atom is 0.150 e. The second kappa shape index (κ2) is 4.82. The molecule has 1 aliphatic rings. The molecular weight excluding hydrogens is 284 g/mol. The molecule has 0 saturated carbocycles. The van der Waals surface area contributed by atoms with E-state index < -0.39 is 0 Å². The molecule has 1 atom stereocenters. The zero-order chi connectivity index (χ0) is 14.2. The monoisotopic (exact) mass is 296 g/mol. The van der Waals surface area contributed by atoms with Crippen LogP contribution in [-0.2, 0) is 0 Å². The lowest BCUT2D eigenvalue weighted by Gasteiger charge is -2.17. The van der Waals surface area contributed by atoms with Gasteiger partial charge in [-0.15, -0.1) is 11.3 Å². The van der Waals surface area contributed by atoms with Crippen molar-refractivity contribution in [1.29, 1.82) is 5.26 Å². The van der Waals surface area contributed by atoms with E-state index in [1.54, 1.807) is 23.9 Å². The van der Waals surface area contributed by atoms with Crippen molar-refractivity contribution in [2.75, 3.05) is 18.0 Å². The maximum absolute atomic E-state index is 8.89. The van der Waals surface area contributed by atoms with Gasteiger partial charge in [0.2, 0.25) is 0 Å². The largest absolute Gasteiger partial charge is 0.353 e. The lowest BCUT2D eigenvalue weighted by atomic mass is 10.3. The summed E-state index contributed by atoms with van der Waals surface area (Å²) in [7, 11) is 0. The molecule has 1 unspecified atom stereocenters. The van der Waals surface area contributed by atoms with Gasteiger partial charge in [-0.2, -0.15) is 10.4 Å². The van der Waals surface area contributed by atoms with E-state index in [4.69, 9.17) is 5.26 Å². The zero-order valence-corrected chi connectivity index (χ0v) is 12.0. The number of fused-ring (bicyclic) bond motifs is 1. The molecule has 1 fully saturated rings. The van der Waals surface area contributed by atoms with E-state index in [0.29, 0.717) is 5.56 Å². The van der Waals surface area contributed by atoms with Crippen LogP contribution in [0.5, 0.6) is 0 Å². The van der Waals surface area contributed by atoms with Crippen molar-refractivity contribution in [1.82, 2.24) is 19.7 Å². The minimum atomic E-state index is 0.289. The Hall–Kier alpha value is -2.46. The van der Waals surface area contributed by atoms with Crippen LogP contribution in [0.1, 0.15) is 18.0 Å². The van der Waals surface area contributed by atoms with Gasteiger partial charge in [0.15, 0.2) is 0 Å². The number of anilines is 1. The fraction of sp³-hybridized carbons (Fsp3) is 0.286. The fourth-order valence-corrected chi connectivity index (χ4v) is 3.61. The molecule has 0 bridgehead atoms. The Morgan fingerprint density at radius 3 is 3.19 bits per heavy atom. The van der Waals surface area contributed by atoms with E-state index in [1.807, 2.05) is 22.3 Å². The molecule has 0 N–H and O–H groups in total. The standard InChI is InChI=1S/C14H12N6S/c15-5-10-6-18-20(7-10)11-1-3-19(8-11)14-13-12(2-4-21-13)16-9-17-14/h2,4,6-7,9,11H,1,3,8H2. The molecular formula is C14H12N6S. The van der Waals surface area contributed by atoms with E-state index in [9.17, 15) is 0 Å². The Morgan fingerprint density at radius 1 is 1.38 bits per heavy atom. The van der Waals surface area contributed by atoms with Crippen LogP contribution < -0.4 is 4.90 Å². The summed E-state index contributed by atoms with van der Waals surface area (Å²) in [5.41, 5.74) is 1.61. The first-order valence-electron chi connectivity index (χ1n) is 6.72. The van der Waals surface area contributed by atoms with Crippen LogP contribution in [0.2, 0.25) is 0 Å². The summed E-state index contributed by atoms with van der Waals surface area (Å²) >= 11 is 1.67. The van der Waals surface area contributed by atoms with E-state index in [1.165, 1.54) is 0 Å². The van der Waals surface area contributed by atoms with Gasteiger partial charge in [0.05, 0.1) is 28.0 Å². The van der Waals surface area contributed by atoms with Crippen molar-refractivity contribution in [3.63, 3.8) is 0 Å². The predicted molar refractivity (Wildman–Crippen MR) is 80.2 cm³/mol. The molecule has 104 valence electrons. The molecule has 6 nitrogen and oxygen atoms in total. The summed E-state index contributed by atoms with van der Waals surface area (Å²) in [6.45, 7) is 1.80. The third kappa shape index (κ3) is 2.04. The highest BCUT2D eigenvalue weighted by atomic mass is 32.1. The number of nitriles is 1. The minimum absolute atomic E-state index is 0.289. The number of thiophene rings is 1. The molecule has 1 aliphatic heterocycles. The third-order valence-electron chi connectivity index (χ3n) is 3.79. The fourth-order valence-electron chi connectivity index (χ4n) is 2.75. The summed E-state index contributed by atoms with van der Waals surface area (Å²) in [4.78, 5) is 11.0. The first kappa shape index (κ1) is 12.3. The number of aromatic nitrogens is 4. The highest BCUT2D eigenvalue weighted by Crippen LogP contribution is 2.32. The van der Waals surface area contributed by atoms with Gasteiger partial charge in [-0.3, -0.25) is 4.68 Å². The number of rotatable bonds is 2. The molecule has 0 amide bonds. The first-order valence-corrected chi connectivity index (χ1v) is 7.60. The van der Waals surface area contributed by atoms with E-state index >= 15 is 0 Å². The molecule has 0 aliphatic carbocycles. The van der Waals surface area contributed by atoms with Gasteiger partial charge in [0.25, 0.3) is 0 Å². The Balaban J connectivity index is 1.61. The van der Waals surface area contributed by atoms with E-state index in [0.717, 1.165) is 35.5 Å². The van der Waals surface area contributed by atoms with E-state index in [-0.39, 0.29) is 6.04 Å². The average Bonchev–Trinajstić information content (AvgIpc) is 3.25. The molecule has 3 aromatic heterocycles. The summed E-state index contributed by atoms with van der Waals surface area (Å²) in [5.74, 6) is 1.00. The van der Waals surface area contributed by atoms with Gasteiger partial charge < -0.3 is 4.90 Å². The zero-order valence-electron chi connectivity index (χ0n) is 11.2. The van der Waals surface area contributed by atoms with Crippen LogP contribution in [0.25, 0.3) is 10.2 Å². The van der Waals surface area contributed by atoms with Gasteiger partial charge >= 0.3 is 0 Å². The normalized spacial score (nSPS) is 18.2. The number of nitrogens with zero attached hydrogens (tertiary/aromatic N) is 6. The molecule has 7 heteroatoms. The van der Waals surface area contributed by atoms with E-state index in [2.05, 4.69) is 26.0 Å². The van der Waals surface area contributed by atoms with Crippen LogP contribution in [0.3, 0.4) is 0 Å². The lowest BCUT2D eigenvalue weighted by Crippen LogP contribution is -2.22. The van der Waals surface area contributed by atoms with Crippen molar-refractivity contribution >= 4 is 27.4 Å². The van der Waals surface area contributed by atoms with Crippen molar-refractivity contribution in [3.8, 4) is 6.07 Å². The van der Waals surface area contributed by atoms with Gasteiger partial charge in [0, 0.05) is 19.3 Å². The van der Waals surface area contributed by atoms with Crippen molar-refractivity contribution in [3.05, 3.63) is 35.7 Å². The number of hydrogen-bond acceptors (Lipinski definition) is 6. The molecule has 21 heavy (non-hydrogen) atoms. The summed E-state index contributed by atoms with van der Waals surface area (Å²) < 4.78 is 3.03. The molecule has 0 radical (unpaired) electrons. The van der Waals surface area contributed by atoms with Crippen molar-refractivity contribution in [2.24, 2.45) is 0 Å². The third-order valence-corrected chi connectivity index (χ3v) is 4.69. The average molecular weight is 296 g/mol. The van der Waals surface area contributed by atoms with Crippen LogP contribution in [0, 0.1) is 11.3 Å². The van der Waals surface area contributed by atoms with Gasteiger partial charge in [-0.1, -0.05) is 0 Å². The molecule has 3 aromatic rings. The van der Waals surface area contributed by atoms with Crippen molar-refractivity contribution < 1.29 is 0 Å². The van der Waals surface area contributed by atoms with Gasteiger partial charge in [-0.25, -0.2) is 9.97 Å². The molecule has 0 spiro atoms. The first-order chi connectivity index (χ1) is 10.3. The summed E-state index contributed by atoms with van der Waals surface area (Å²) in [6, 6.07) is 4.43. The quantitative estimate of drug-likeness (QED) is 0.725. The Bertz CT molecular complexity index is 829. The Morgan fingerprint density at radius 2 is 2.33 bits per heavy atom. The molecule has 1 saturated heterocycles. The summed E-state index contributed by atoms with van der Waals surface area (Å²) in [6.07, 6.45) is 6.06. The maximum atomic E-state index is 8.89.